The minimum atomic E-state index is -0.333. The summed E-state index contributed by atoms with van der Waals surface area (Å²) in [6.07, 6.45) is 0. The maximum absolute atomic E-state index is 13.9. The molecule has 2 fully saturated rings. The molecule has 0 unspecified atom stereocenters. The molecule has 2 saturated heterocycles. The van der Waals surface area contributed by atoms with Crippen LogP contribution in [0.4, 0.5) is 4.39 Å². The molecule has 2 aromatic rings. The number of aryl methyl sites for hydroxylation is 1. The number of amides is 2. The third kappa shape index (κ3) is 3.74. The van der Waals surface area contributed by atoms with E-state index in [9.17, 15) is 14.0 Å². The summed E-state index contributed by atoms with van der Waals surface area (Å²) in [6.45, 7) is 3.44. The maximum Gasteiger partial charge on any atom is 0.272 e. The Hall–Kier alpha value is -2.80. The van der Waals surface area contributed by atoms with Gasteiger partial charge in [-0.2, -0.15) is 0 Å². The van der Waals surface area contributed by atoms with Crippen LogP contribution in [0, 0.1) is 24.6 Å². The fourth-order valence-corrected chi connectivity index (χ4v) is 4.62. The number of aromatic nitrogens is 1. The number of methoxy groups -OCH3 is 1. The van der Waals surface area contributed by atoms with Crippen LogP contribution in [-0.4, -0.2) is 59.9 Å². The molecule has 0 spiro atoms. The standard InChI is InChI=1S/C22H24FN3O3/c1-14-5-3-8-19(24-14)22(28)25-10-16-11-26(20(27)13-29-2)21(18(16)12-25)15-6-4-7-17(23)9-15/h3-9,16,18,21H,10-13H2,1-2H3/t16-,18-,21+/m1/s1. The first kappa shape index (κ1) is 19.5. The van der Waals surface area contributed by atoms with Crippen LogP contribution in [0.25, 0.3) is 0 Å². The molecule has 3 atom stereocenters. The van der Waals surface area contributed by atoms with Crippen molar-refractivity contribution in [2.75, 3.05) is 33.4 Å². The van der Waals surface area contributed by atoms with Crippen LogP contribution < -0.4 is 0 Å². The summed E-state index contributed by atoms with van der Waals surface area (Å²) in [5.74, 6) is -0.366. The van der Waals surface area contributed by atoms with E-state index in [4.69, 9.17) is 4.74 Å². The van der Waals surface area contributed by atoms with E-state index in [2.05, 4.69) is 4.98 Å². The number of hydrogen-bond donors (Lipinski definition) is 0. The smallest absolute Gasteiger partial charge is 0.272 e. The highest BCUT2D eigenvalue weighted by atomic mass is 19.1. The third-order valence-electron chi connectivity index (χ3n) is 5.84. The average molecular weight is 397 g/mol. The van der Waals surface area contributed by atoms with Crippen molar-refractivity contribution in [1.82, 2.24) is 14.8 Å². The van der Waals surface area contributed by atoms with Crippen molar-refractivity contribution in [3.05, 3.63) is 65.2 Å². The molecule has 4 rings (SSSR count). The fraction of sp³-hybridized carbons (Fsp3) is 0.409. The van der Waals surface area contributed by atoms with Crippen molar-refractivity contribution < 1.29 is 18.7 Å². The predicted molar refractivity (Wildman–Crippen MR) is 105 cm³/mol. The minimum Gasteiger partial charge on any atom is -0.375 e. The molecule has 0 aliphatic carbocycles. The van der Waals surface area contributed by atoms with Crippen molar-refractivity contribution in [3.8, 4) is 0 Å². The Labute approximate surface area is 169 Å². The van der Waals surface area contributed by atoms with Gasteiger partial charge in [-0.1, -0.05) is 18.2 Å². The van der Waals surface area contributed by atoms with Gasteiger partial charge in [0.05, 0.1) is 6.04 Å². The number of fused-ring (bicyclic) bond motifs is 1. The summed E-state index contributed by atoms with van der Waals surface area (Å²) in [5.41, 5.74) is 1.98. The Morgan fingerprint density at radius 1 is 1.17 bits per heavy atom. The molecule has 0 bridgehead atoms. The van der Waals surface area contributed by atoms with E-state index in [1.807, 2.05) is 30.0 Å². The summed E-state index contributed by atoms with van der Waals surface area (Å²) in [5, 5.41) is 0. The highest BCUT2D eigenvalue weighted by Gasteiger charge is 2.50. The second kappa shape index (κ2) is 7.91. The van der Waals surface area contributed by atoms with Gasteiger partial charge in [0.15, 0.2) is 0 Å². The second-order valence-electron chi connectivity index (χ2n) is 7.78. The van der Waals surface area contributed by atoms with E-state index in [0.717, 1.165) is 11.3 Å². The molecule has 29 heavy (non-hydrogen) atoms. The van der Waals surface area contributed by atoms with E-state index < -0.39 is 0 Å². The van der Waals surface area contributed by atoms with Crippen LogP contribution in [-0.2, 0) is 9.53 Å². The van der Waals surface area contributed by atoms with Crippen LogP contribution in [0.15, 0.2) is 42.5 Å². The number of rotatable bonds is 4. The summed E-state index contributed by atoms with van der Waals surface area (Å²) in [7, 11) is 1.49. The number of likely N-dealkylation sites (tertiary alicyclic amines) is 2. The molecular formula is C22H24FN3O3. The van der Waals surface area contributed by atoms with Gasteiger partial charge in [-0.25, -0.2) is 9.37 Å². The van der Waals surface area contributed by atoms with Crippen LogP contribution in [0.3, 0.4) is 0 Å². The highest BCUT2D eigenvalue weighted by molar-refractivity contribution is 5.92. The van der Waals surface area contributed by atoms with Crippen molar-refractivity contribution in [2.24, 2.45) is 11.8 Å². The zero-order chi connectivity index (χ0) is 20.5. The lowest BCUT2D eigenvalue weighted by molar-refractivity contribution is -0.136. The molecule has 1 aromatic carbocycles. The van der Waals surface area contributed by atoms with Crippen molar-refractivity contribution >= 4 is 11.8 Å². The van der Waals surface area contributed by atoms with Crippen molar-refractivity contribution in [1.29, 1.82) is 0 Å². The van der Waals surface area contributed by atoms with Gasteiger partial charge in [0.2, 0.25) is 5.91 Å². The molecule has 0 saturated carbocycles. The van der Waals surface area contributed by atoms with E-state index in [1.54, 1.807) is 17.0 Å². The Balaban J connectivity index is 1.60. The van der Waals surface area contributed by atoms with Gasteiger partial charge >= 0.3 is 0 Å². The van der Waals surface area contributed by atoms with Gasteiger partial charge in [0.25, 0.3) is 5.91 Å². The molecule has 1 aromatic heterocycles. The first-order valence-electron chi connectivity index (χ1n) is 9.74. The lowest BCUT2D eigenvalue weighted by Crippen LogP contribution is -2.39. The summed E-state index contributed by atoms with van der Waals surface area (Å²) < 4.78 is 18.9. The molecule has 3 heterocycles. The van der Waals surface area contributed by atoms with Crippen molar-refractivity contribution in [3.63, 3.8) is 0 Å². The predicted octanol–water partition coefficient (Wildman–Crippen LogP) is 2.45. The largest absolute Gasteiger partial charge is 0.375 e. The molecule has 2 amide bonds. The molecule has 0 N–H and O–H groups in total. The number of nitrogens with zero attached hydrogens (tertiary/aromatic N) is 3. The number of carbonyl (C=O) groups excluding carboxylic acids is 2. The first-order chi connectivity index (χ1) is 14.0. The number of hydrogen-bond acceptors (Lipinski definition) is 4. The molecule has 6 nitrogen and oxygen atoms in total. The Morgan fingerprint density at radius 2 is 1.97 bits per heavy atom. The van der Waals surface area contributed by atoms with Crippen LogP contribution in [0.1, 0.15) is 27.8 Å². The Morgan fingerprint density at radius 3 is 2.69 bits per heavy atom. The molecule has 7 heteroatoms. The third-order valence-corrected chi connectivity index (χ3v) is 5.84. The molecular weight excluding hydrogens is 373 g/mol. The van der Waals surface area contributed by atoms with E-state index in [-0.39, 0.29) is 42.1 Å². The van der Waals surface area contributed by atoms with Crippen LogP contribution >= 0.6 is 0 Å². The van der Waals surface area contributed by atoms with E-state index in [1.165, 1.54) is 19.2 Å². The average Bonchev–Trinajstić information content (AvgIpc) is 3.25. The lowest BCUT2D eigenvalue weighted by Gasteiger charge is -2.30. The number of benzene rings is 1. The van der Waals surface area contributed by atoms with Gasteiger partial charge in [-0.05, 0) is 36.8 Å². The quantitative estimate of drug-likeness (QED) is 0.795. The van der Waals surface area contributed by atoms with Crippen LogP contribution in [0.5, 0.6) is 0 Å². The lowest BCUT2D eigenvalue weighted by atomic mass is 9.89. The van der Waals surface area contributed by atoms with E-state index >= 15 is 0 Å². The Kier molecular flexibility index (Phi) is 5.32. The maximum atomic E-state index is 13.9. The zero-order valence-corrected chi connectivity index (χ0v) is 16.5. The summed E-state index contributed by atoms with van der Waals surface area (Å²) in [6, 6.07) is 11.5. The highest BCUT2D eigenvalue weighted by Crippen LogP contribution is 2.45. The molecule has 2 aliphatic heterocycles. The number of ether oxygens (including phenoxy) is 1. The zero-order valence-electron chi connectivity index (χ0n) is 16.5. The van der Waals surface area contributed by atoms with Crippen LogP contribution in [0.2, 0.25) is 0 Å². The molecule has 0 radical (unpaired) electrons. The van der Waals surface area contributed by atoms with E-state index in [0.29, 0.717) is 25.3 Å². The topological polar surface area (TPSA) is 62.7 Å². The van der Waals surface area contributed by atoms with Gasteiger partial charge in [0, 0.05) is 44.3 Å². The van der Waals surface area contributed by atoms with Gasteiger partial charge < -0.3 is 14.5 Å². The minimum absolute atomic E-state index is 0.0128. The SMILES string of the molecule is COCC(=O)N1C[C@H]2CN(C(=O)c3cccc(C)n3)C[C@H]2[C@@H]1c1cccc(F)c1. The number of carbonyl (C=O) groups is 2. The monoisotopic (exact) mass is 397 g/mol. The first-order valence-corrected chi connectivity index (χ1v) is 9.74. The molecule has 2 aliphatic rings. The summed E-state index contributed by atoms with van der Waals surface area (Å²) >= 11 is 0. The summed E-state index contributed by atoms with van der Waals surface area (Å²) in [4.78, 5) is 33.5. The van der Waals surface area contributed by atoms with Crippen molar-refractivity contribution in [2.45, 2.75) is 13.0 Å². The normalized spacial score (nSPS) is 23.3. The number of pyridine rings is 1. The van der Waals surface area contributed by atoms with Gasteiger partial charge in [0.1, 0.15) is 18.1 Å². The number of halogens is 1. The molecule has 152 valence electrons. The fourth-order valence-electron chi connectivity index (χ4n) is 4.62. The second-order valence-corrected chi connectivity index (χ2v) is 7.78. The van der Waals surface area contributed by atoms with Gasteiger partial charge in [-0.3, -0.25) is 9.59 Å². The Bertz CT molecular complexity index is 935. The van der Waals surface area contributed by atoms with Gasteiger partial charge in [-0.15, -0.1) is 0 Å².